The van der Waals surface area contributed by atoms with Crippen molar-refractivity contribution >= 4 is 23.5 Å². The molecule has 14 heteroatoms. The van der Waals surface area contributed by atoms with Gasteiger partial charge >= 0.3 is 6.18 Å². The number of rotatable bonds is 9. The monoisotopic (exact) mass is 504 g/mol. The minimum atomic E-state index is -4.88. The number of aromatic amines is 1. The highest BCUT2D eigenvalue weighted by Crippen LogP contribution is 2.32. The van der Waals surface area contributed by atoms with Crippen molar-refractivity contribution in [2.75, 3.05) is 44.3 Å². The maximum Gasteiger partial charge on any atom is 0.425 e. The summed E-state index contributed by atoms with van der Waals surface area (Å²) in [5.41, 5.74) is -2.83. The van der Waals surface area contributed by atoms with E-state index in [1.165, 1.54) is 12.4 Å². The highest BCUT2D eigenvalue weighted by molar-refractivity contribution is 6.30. The lowest BCUT2D eigenvalue weighted by Crippen LogP contribution is -2.49. The fraction of sp³-hybridized carbons (Fsp3) is 0.550. The maximum atomic E-state index is 13.1. The number of anilines is 1. The molecule has 186 valence electrons. The number of carbonyl (C=O) groups excluding carboxylic acids is 1. The second kappa shape index (κ2) is 11.5. The third-order valence-corrected chi connectivity index (χ3v) is 5.37. The summed E-state index contributed by atoms with van der Waals surface area (Å²) in [5.74, 6) is -0.211. The molecule has 0 aromatic carbocycles. The van der Waals surface area contributed by atoms with E-state index >= 15 is 0 Å². The second-order valence-corrected chi connectivity index (χ2v) is 7.90. The number of amides is 1. The largest absolute Gasteiger partial charge is 0.488 e. The van der Waals surface area contributed by atoms with Crippen LogP contribution in [0.15, 0.2) is 23.4 Å². The average Bonchev–Trinajstić information content (AvgIpc) is 2.81. The molecular formula is C20H24ClF3N6O4. The average molecular weight is 505 g/mol. The summed E-state index contributed by atoms with van der Waals surface area (Å²) in [6.45, 7) is 3.78. The number of carbonyl (C=O) groups is 1. The highest BCUT2D eigenvalue weighted by Gasteiger charge is 2.38. The number of H-pyrrole nitrogens is 1. The molecule has 0 aliphatic carbocycles. The first-order valence-electron chi connectivity index (χ1n) is 10.6. The van der Waals surface area contributed by atoms with Crippen LogP contribution in [0.2, 0.25) is 5.02 Å². The molecule has 1 aliphatic heterocycles. The molecule has 1 aliphatic rings. The third-order valence-electron chi connectivity index (χ3n) is 5.18. The van der Waals surface area contributed by atoms with Crippen LogP contribution in [0.1, 0.15) is 25.3 Å². The number of hydrogen-bond donors (Lipinski definition) is 1. The van der Waals surface area contributed by atoms with E-state index in [-0.39, 0.29) is 25.5 Å². The summed E-state index contributed by atoms with van der Waals surface area (Å²) in [6.07, 6.45) is -1.06. The summed E-state index contributed by atoms with van der Waals surface area (Å²) in [7, 11) is 0. The van der Waals surface area contributed by atoms with Gasteiger partial charge in [-0.2, -0.15) is 18.3 Å². The zero-order valence-electron chi connectivity index (χ0n) is 18.3. The Bertz CT molecular complexity index is 1010. The summed E-state index contributed by atoms with van der Waals surface area (Å²) in [6, 6.07) is 0. The van der Waals surface area contributed by atoms with E-state index in [0.29, 0.717) is 43.6 Å². The third kappa shape index (κ3) is 6.79. The number of halogens is 4. The summed E-state index contributed by atoms with van der Waals surface area (Å²) >= 11 is 5.80. The van der Waals surface area contributed by atoms with Crippen LogP contribution in [0.25, 0.3) is 0 Å². The predicted molar refractivity (Wildman–Crippen MR) is 116 cm³/mol. The Balaban J connectivity index is 1.43. The van der Waals surface area contributed by atoms with Crippen molar-refractivity contribution in [2.45, 2.75) is 32.0 Å². The molecule has 0 radical (unpaired) electrons. The van der Waals surface area contributed by atoms with Gasteiger partial charge in [-0.3, -0.25) is 9.59 Å². The van der Waals surface area contributed by atoms with E-state index in [4.69, 9.17) is 21.1 Å². The summed E-state index contributed by atoms with van der Waals surface area (Å²) in [4.78, 5) is 36.0. The molecule has 3 heterocycles. The van der Waals surface area contributed by atoms with Crippen LogP contribution in [0.4, 0.5) is 19.1 Å². The van der Waals surface area contributed by atoms with Crippen molar-refractivity contribution < 1.29 is 27.4 Å². The Morgan fingerprint density at radius 1 is 1.21 bits per heavy atom. The van der Waals surface area contributed by atoms with Crippen molar-refractivity contribution in [3.05, 3.63) is 39.5 Å². The SMILES string of the molecule is CC[C@H](COc1cn[nH]c(=O)c1C(F)(F)F)OCCC(=O)N1CCN(c2ncc(Cl)cn2)CC1. The van der Waals surface area contributed by atoms with E-state index in [9.17, 15) is 22.8 Å². The van der Waals surface area contributed by atoms with Crippen molar-refractivity contribution in [2.24, 2.45) is 0 Å². The van der Waals surface area contributed by atoms with Gasteiger partial charge in [0.1, 0.15) is 6.61 Å². The normalized spacial score (nSPS) is 15.3. The molecule has 1 N–H and O–H groups in total. The Kier molecular flexibility index (Phi) is 8.67. The number of nitrogens with zero attached hydrogens (tertiary/aromatic N) is 5. The Morgan fingerprint density at radius 3 is 2.50 bits per heavy atom. The van der Waals surface area contributed by atoms with Gasteiger partial charge in [-0.1, -0.05) is 18.5 Å². The smallest absolute Gasteiger partial charge is 0.425 e. The number of aromatic nitrogens is 4. The molecule has 34 heavy (non-hydrogen) atoms. The second-order valence-electron chi connectivity index (χ2n) is 7.47. The van der Waals surface area contributed by atoms with Crippen LogP contribution < -0.4 is 15.2 Å². The zero-order chi connectivity index (χ0) is 24.7. The number of ether oxygens (including phenoxy) is 2. The van der Waals surface area contributed by atoms with Crippen LogP contribution >= 0.6 is 11.6 Å². The van der Waals surface area contributed by atoms with E-state index in [0.717, 1.165) is 6.20 Å². The van der Waals surface area contributed by atoms with Crippen LogP contribution in [0, 0.1) is 0 Å². The van der Waals surface area contributed by atoms with Crippen molar-refractivity contribution in [1.29, 1.82) is 0 Å². The first-order valence-corrected chi connectivity index (χ1v) is 11.0. The van der Waals surface area contributed by atoms with Gasteiger partial charge in [0.15, 0.2) is 11.3 Å². The van der Waals surface area contributed by atoms with Gasteiger partial charge < -0.3 is 19.3 Å². The first kappa shape index (κ1) is 25.7. The number of nitrogens with one attached hydrogen (secondary N) is 1. The lowest BCUT2D eigenvalue weighted by Gasteiger charge is -2.34. The lowest BCUT2D eigenvalue weighted by atomic mass is 10.2. The molecule has 3 rings (SSSR count). The van der Waals surface area contributed by atoms with Crippen LogP contribution in [0.5, 0.6) is 5.75 Å². The topological polar surface area (TPSA) is 114 Å². The van der Waals surface area contributed by atoms with Gasteiger partial charge in [0, 0.05) is 26.2 Å². The van der Waals surface area contributed by atoms with Crippen molar-refractivity contribution in [3.8, 4) is 5.75 Å². The molecule has 1 amide bonds. The van der Waals surface area contributed by atoms with Gasteiger partial charge in [0.25, 0.3) is 5.56 Å². The summed E-state index contributed by atoms with van der Waals surface area (Å²) < 4.78 is 50.1. The van der Waals surface area contributed by atoms with Gasteiger partial charge in [0.2, 0.25) is 11.9 Å². The van der Waals surface area contributed by atoms with E-state index in [1.54, 1.807) is 16.9 Å². The molecule has 0 unspecified atom stereocenters. The van der Waals surface area contributed by atoms with E-state index in [1.807, 2.05) is 4.90 Å². The molecule has 1 atom stereocenters. The minimum absolute atomic E-state index is 0.0843. The predicted octanol–water partition coefficient (Wildman–Crippen LogP) is 2.15. The standard InChI is InChI=1S/C20H24ClF3N6O4/c1-2-14(12-34-15-11-27-28-18(32)17(15)20(22,23)24)33-8-3-16(31)29-4-6-30(7-5-29)19-25-9-13(21)10-26-19/h9-11,14H,2-8,12H2,1H3,(H,28,32)/t14-/m1/s1. The fourth-order valence-electron chi connectivity index (χ4n) is 3.32. The number of alkyl halides is 3. The van der Waals surface area contributed by atoms with E-state index in [2.05, 4.69) is 15.1 Å². The van der Waals surface area contributed by atoms with Gasteiger partial charge in [-0.25, -0.2) is 15.1 Å². The number of piperazine rings is 1. The zero-order valence-corrected chi connectivity index (χ0v) is 19.1. The van der Waals surface area contributed by atoms with Crippen LogP contribution in [-0.2, 0) is 15.7 Å². The van der Waals surface area contributed by atoms with E-state index < -0.39 is 29.2 Å². The Morgan fingerprint density at radius 2 is 1.88 bits per heavy atom. The molecule has 0 saturated carbocycles. The van der Waals surface area contributed by atoms with Crippen molar-refractivity contribution in [3.63, 3.8) is 0 Å². The fourth-order valence-corrected chi connectivity index (χ4v) is 3.42. The highest BCUT2D eigenvalue weighted by atomic mass is 35.5. The maximum absolute atomic E-state index is 13.1. The minimum Gasteiger partial charge on any atom is -0.488 e. The van der Waals surface area contributed by atoms with Crippen LogP contribution in [-0.4, -0.2) is 76.5 Å². The molecule has 2 aromatic heterocycles. The van der Waals surface area contributed by atoms with Gasteiger partial charge in [0.05, 0.1) is 42.7 Å². The summed E-state index contributed by atoms with van der Waals surface area (Å²) in [5, 5.41) is 5.55. The molecular weight excluding hydrogens is 481 g/mol. The molecule has 2 aromatic rings. The lowest BCUT2D eigenvalue weighted by molar-refractivity contribution is -0.140. The van der Waals surface area contributed by atoms with Crippen molar-refractivity contribution in [1.82, 2.24) is 25.1 Å². The quantitative estimate of drug-likeness (QED) is 0.552. The Labute approximate surface area is 198 Å². The molecule has 10 nitrogen and oxygen atoms in total. The molecule has 1 saturated heterocycles. The van der Waals surface area contributed by atoms with Crippen LogP contribution in [0.3, 0.4) is 0 Å². The Hall–Kier alpha value is -2.93. The molecule has 0 bridgehead atoms. The molecule has 1 fully saturated rings. The van der Waals surface area contributed by atoms with Gasteiger partial charge in [-0.05, 0) is 6.42 Å². The number of hydrogen-bond acceptors (Lipinski definition) is 8. The first-order chi connectivity index (χ1) is 16.2. The molecule has 0 spiro atoms. The van der Waals surface area contributed by atoms with Gasteiger partial charge in [-0.15, -0.1) is 0 Å².